The Morgan fingerprint density at radius 3 is 1.31 bits per heavy atom. The molecule has 6 atom stereocenters. The van der Waals surface area contributed by atoms with Crippen molar-refractivity contribution in [3.05, 3.63) is 60.8 Å². The second-order valence-corrected chi connectivity index (χ2v) is 20.6. The van der Waals surface area contributed by atoms with Gasteiger partial charge in [0.1, 0.15) is 18.8 Å². The summed E-state index contributed by atoms with van der Waals surface area (Å²) in [5, 5.41) is 31.4. The number of carbonyl (C=O) groups is 4. The average Bonchev–Trinajstić information content (AvgIpc) is 3.39. The van der Waals surface area contributed by atoms with Crippen LogP contribution >= 0.6 is 0 Å². The summed E-state index contributed by atoms with van der Waals surface area (Å²) in [7, 11) is 0. The van der Waals surface area contributed by atoms with E-state index in [1.807, 2.05) is 0 Å². The van der Waals surface area contributed by atoms with E-state index in [2.05, 4.69) is 81.5 Å². The Bertz CT molecular complexity index is 1540. The lowest BCUT2D eigenvalue weighted by Gasteiger charge is -2.40. The largest absolute Gasteiger partial charge is 0.479 e. The van der Waals surface area contributed by atoms with Gasteiger partial charge in [0.15, 0.2) is 24.6 Å². The number of esters is 3. The van der Waals surface area contributed by atoms with Gasteiger partial charge in [-0.3, -0.25) is 14.4 Å². The van der Waals surface area contributed by atoms with Crippen LogP contribution in [0.2, 0.25) is 0 Å². The SMILES string of the molecule is CC/C=C\C/C=C\C/C=C\CCCCCCCC(=O)OC(COC(=O)CCCCCCCCCCC/C=C\C/C=C\CCCCC)COC1OC(C(=O)O)C(O)C(O)C1OC(=O)CCCCCCCCCCCCC. The number of carbonyl (C=O) groups excluding carboxylic acids is 3. The first-order valence-corrected chi connectivity index (χ1v) is 30.3. The highest BCUT2D eigenvalue weighted by atomic mass is 16.7. The third-order valence-electron chi connectivity index (χ3n) is 13.6. The van der Waals surface area contributed by atoms with Crippen LogP contribution in [0.5, 0.6) is 0 Å². The molecule has 3 N–H and O–H groups in total. The van der Waals surface area contributed by atoms with E-state index in [9.17, 15) is 34.5 Å². The maximum absolute atomic E-state index is 13.1. The van der Waals surface area contributed by atoms with Gasteiger partial charge in [0.2, 0.25) is 0 Å². The number of carboxylic acid groups (broad SMARTS) is 1. The highest BCUT2D eigenvalue weighted by Crippen LogP contribution is 2.26. The first-order valence-electron chi connectivity index (χ1n) is 30.3. The molecular formula is C63H108O12. The molecule has 0 aliphatic carbocycles. The predicted octanol–water partition coefficient (Wildman–Crippen LogP) is 15.6. The van der Waals surface area contributed by atoms with E-state index in [1.54, 1.807) is 0 Å². The third-order valence-corrected chi connectivity index (χ3v) is 13.6. The van der Waals surface area contributed by atoms with Gasteiger partial charge in [-0.1, -0.05) is 223 Å². The van der Waals surface area contributed by atoms with E-state index < -0.39 is 67.3 Å². The number of unbranched alkanes of at least 4 members (excludes halogenated alkanes) is 27. The highest BCUT2D eigenvalue weighted by Gasteiger charge is 2.50. The standard InChI is InChI=1S/C63H108O12/c1-4-7-10-13-16-19-22-24-26-27-28-29-31-32-35-37-40-43-46-49-55(64)71-52-54(73-56(65)50-47-44-41-39-36-33-30-25-23-20-17-14-11-8-5-2)53-72-63-61(59(68)58(67)60(75-63)62(69)70)74-57(66)51-48-45-42-38-34-21-18-15-12-9-6-3/h8,11,16-17,19-20,24-26,30,54,58-61,63,67-68H,4-7,9-10,12-15,18,21-23,27-29,31-53H2,1-3H3,(H,69,70)/b11-8-,19-16-,20-17-,26-24-,30-25-. The third kappa shape index (κ3) is 41.2. The number of aliphatic carboxylic acids is 1. The molecule has 1 aliphatic rings. The number of hydrogen-bond donors (Lipinski definition) is 3. The minimum atomic E-state index is -1.90. The molecule has 12 heteroatoms. The molecule has 1 aliphatic heterocycles. The molecular weight excluding hydrogens is 949 g/mol. The van der Waals surface area contributed by atoms with Crippen LogP contribution in [0.4, 0.5) is 0 Å². The van der Waals surface area contributed by atoms with Gasteiger partial charge in [0.25, 0.3) is 0 Å². The smallest absolute Gasteiger partial charge is 0.335 e. The van der Waals surface area contributed by atoms with E-state index in [4.69, 9.17) is 23.7 Å². The molecule has 0 aromatic carbocycles. The summed E-state index contributed by atoms with van der Waals surface area (Å²) in [5.74, 6) is -3.13. The molecule has 1 fully saturated rings. The zero-order valence-corrected chi connectivity index (χ0v) is 47.5. The van der Waals surface area contributed by atoms with Gasteiger partial charge in [-0.2, -0.15) is 0 Å². The molecule has 0 aromatic rings. The van der Waals surface area contributed by atoms with Crippen LogP contribution in [-0.4, -0.2) is 89.2 Å². The first-order chi connectivity index (χ1) is 36.6. The molecule has 12 nitrogen and oxygen atoms in total. The number of aliphatic hydroxyl groups is 2. The number of rotatable bonds is 51. The monoisotopic (exact) mass is 1060 g/mol. The fourth-order valence-corrected chi connectivity index (χ4v) is 8.94. The summed E-state index contributed by atoms with van der Waals surface area (Å²) < 4.78 is 28.4. The zero-order valence-electron chi connectivity index (χ0n) is 47.5. The van der Waals surface area contributed by atoms with E-state index in [-0.39, 0.29) is 25.9 Å². The molecule has 0 saturated carbocycles. The second kappa shape index (κ2) is 51.2. The second-order valence-electron chi connectivity index (χ2n) is 20.6. The summed E-state index contributed by atoms with van der Waals surface area (Å²) in [6.07, 6.45) is 50.5. The number of aliphatic hydroxyl groups excluding tert-OH is 2. The Labute approximate surface area is 456 Å². The van der Waals surface area contributed by atoms with Gasteiger partial charge in [0, 0.05) is 19.3 Å². The molecule has 1 rings (SSSR count). The Morgan fingerprint density at radius 2 is 0.840 bits per heavy atom. The van der Waals surface area contributed by atoms with Gasteiger partial charge in [-0.05, 0) is 83.5 Å². The Kier molecular flexibility index (Phi) is 47.4. The van der Waals surface area contributed by atoms with E-state index in [1.165, 1.54) is 96.3 Å². The molecule has 0 spiro atoms. The summed E-state index contributed by atoms with van der Waals surface area (Å²) in [6.45, 7) is 5.84. The first kappa shape index (κ1) is 69.4. The Hall–Kier alpha value is -3.58. The van der Waals surface area contributed by atoms with Crippen molar-refractivity contribution in [2.75, 3.05) is 13.2 Å². The van der Waals surface area contributed by atoms with Crippen LogP contribution in [0.1, 0.15) is 265 Å². The van der Waals surface area contributed by atoms with Crippen LogP contribution in [-0.2, 0) is 42.9 Å². The van der Waals surface area contributed by atoms with E-state index in [0.29, 0.717) is 19.3 Å². The Balaban J connectivity index is 2.67. The van der Waals surface area contributed by atoms with Crippen molar-refractivity contribution in [2.45, 2.75) is 302 Å². The van der Waals surface area contributed by atoms with Crippen molar-refractivity contribution in [3.63, 3.8) is 0 Å². The molecule has 1 heterocycles. The van der Waals surface area contributed by atoms with Crippen molar-refractivity contribution in [1.82, 2.24) is 0 Å². The minimum absolute atomic E-state index is 0.0599. The van der Waals surface area contributed by atoms with Crippen molar-refractivity contribution in [3.8, 4) is 0 Å². The maximum atomic E-state index is 13.1. The molecule has 75 heavy (non-hydrogen) atoms. The fourth-order valence-electron chi connectivity index (χ4n) is 8.94. The van der Waals surface area contributed by atoms with E-state index >= 15 is 0 Å². The van der Waals surface area contributed by atoms with Gasteiger partial charge in [-0.25, -0.2) is 4.79 Å². The topological polar surface area (TPSA) is 175 Å². The molecule has 0 amide bonds. The van der Waals surface area contributed by atoms with Gasteiger partial charge < -0.3 is 39.0 Å². The van der Waals surface area contributed by atoms with Gasteiger partial charge in [-0.15, -0.1) is 0 Å². The summed E-state index contributed by atoms with van der Waals surface area (Å²) >= 11 is 0. The van der Waals surface area contributed by atoms with Crippen LogP contribution in [0.15, 0.2) is 60.8 Å². The molecule has 6 unspecified atom stereocenters. The predicted molar refractivity (Wildman–Crippen MR) is 303 cm³/mol. The lowest BCUT2D eigenvalue weighted by atomic mass is 9.98. The minimum Gasteiger partial charge on any atom is -0.479 e. The highest BCUT2D eigenvalue weighted by molar-refractivity contribution is 5.74. The van der Waals surface area contributed by atoms with Gasteiger partial charge >= 0.3 is 23.9 Å². The van der Waals surface area contributed by atoms with Crippen LogP contribution in [0, 0.1) is 0 Å². The van der Waals surface area contributed by atoms with Crippen molar-refractivity contribution in [1.29, 1.82) is 0 Å². The summed E-state index contributed by atoms with van der Waals surface area (Å²) in [5.41, 5.74) is 0. The zero-order chi connectivity index (χ0) is 54.7. The van der Waals surface area contributed by atoms with Crippen molar-refractivity contribution >= 4 is 23.9 Å². The maximum Gasteiger partial charge on any atom is 0.335 e. The quantitative estimate of drug-likeness (QED) is 0.0228. The number of allylic oxidation sites excluding steroid dienone is 10. The van der Waals surface area contributed by atoms with Crippen molar-refractivity contribution in [2.24, 2.45) is 0 Å². The average molecular weight is 1060 g/mol. The normalized spacial score (nSPS) is 18.5. The van der Waals surface area contributed by atoms with Crippen molar-refractivity contribution < 1.29 is 58.2 Å². The molecule has 0 radical (unpaired) electrons. The fraction of sp³-hybridized carbons (Fsp3) is 0.778. The lowest BCUT2D eigenvalue weighted by Crippen LogP contribution is -2.61. The molecule has 1 saturated heterocycles. The molecule has 432 valence electrons. The summed E-state index contributed by atoms with van der Waals surface area (Å²) in [4.78, 5) is 51.1. The number of carboxylic acids is 1. The summed E-state index contributed by atoms with van der Waals surface area (Å²) in [6, 6.07) is 0. The molecule has 0 bridgehead atoms. The van der Waals surface area contributed by atoms with Gasteiger partial charge in [0.05, 0.1) is 6.61 Å². The Morgan fingerprint density at radius 1 is 0.453 bits per heavy atom. The number of ether oxygens (including phenoxy) is 5. The van der Waals surface area contributed by atoms with Crippen LogP contribution in [0.3, 0.4) is 0 Å². The molecule has 0 aromatic heterocycles. The number of hydrogen-bond acceptors (Lipinski definition) is 11. The van der Waals surface area contributed by atoms with Crippen LogP contribution < -0.4 is 0 Å². The van der Waals surface area contributed by atoms with Crippen LogP contribution in [0.25, 0.3) is 0 Å². The van der Waals surface area contributed by atoms with E-state index in [0.717, 1.165) is 109 Å². The lowest BCUT2D eigenvalue weighted by molar-refractivity contribution is -0.301.